The van der Waals surface area contributed by atoms with Gasteiger partial charge in [0.05, 0.1) is 25.5 Å². The normalized spacial score (nSPS) is 13.1. The minimum absolute atomic E-state index is 0.00679. The van der Waals surface area contributed by atoms with Crippen molar-refractivity contribution in [2.24, 2.45) is 5.92 Å². The van der Waals surface area contributed by atoms with Crippen LogP contribution in [0, 0.1) is 5.92 Å². The van der Waals surface area contributed by atoms with Crippen molar-refractivity contribution in [1.29, 1.82) is 0 Å². The van der Waals surface area contributed by atoms with E-state index in [-0.39, 0.29) is 30.8 Å². The molecule has 0 fully saturated rings. The highest BCUT2D eigenvalue weighted by molar-refractivity contribution is 5.43. The average Bonchev–Trinajstić information content (AvgIpc) is 3.02. The molecule has 0 unspecified atom stereocenters. The van der Waals surface area contributed by atoms with Gasteiger partial charge in [0.1, 0.15) is 11.6 Å². The number of aromatic nitrogens is 2. The summed E-state index contributed by atoms with van der Waals surface area (Å²) in [6, 6.07) is 3.75. The zero-order valence-corrected chi connectivity index (χ0v) is 13.3. The van der Waals surface area contributed by atoms with Gasteiger partial charge in [-0.2, -0.15) is 18.2 Å². The number of hydrogen-bond donors (Lipinski definition) is 3. The summed E-state index contributed by atoms with van der Waals surface area (Å²) in [7, 11) is 0. The number of furan rings is 1. The molecule has 0 saturated carbocycles. The van der Waals surface area contributed by atoms with E-state index >= 15 is 0 Å². The van der Waals surface area contributed by atoms with Crippen molar-refractivity contribution in [3.05, 3.63) is 35.9 Å². The van der Waals surface area contributed by atoms with Crippen LogP contribution >= 0.6 is 0 Å². The van der Waals surface area contributed by atoms with E-state index in [9.17, 15) is 18.3 Å². The van der Waals surface area contributed by atoms with Crippen molar-refractivity contribution in [2.75, 3.05) is 17.2 Å². The zero-order valence-electron chi connectivity index (χ0n) is 13.3. The molecule has 2 aromatic heterocycles. The molecule has 2 aromatic rings. The number of alkyl halides is 3. The van der Waals surface area contributed by atoms with Crippen LogP contribution in [0.3, 0.4) is 0 Å². The summed E-state index contributed by atoms with van der Waals surface area (Å²) in [5, 5.41) is 14.8. The van der Waals surface area contributed by atoms with Crippen molar-refractivity contribution >= 4 is 11.8 Å². The summed E-state index contributed by atoms with van der Waals surface area (Å²) < 4.78 is 44.2. The van der Waals surface area contributed by atoms with Crippen LogP contribution < -0.4 is 10.6 Å². The molecule has 3 N–H and O–H groups in total. The Kier molecular flexibility index (Phi) is 5.66. The molecule has 6 nitrogen and oxygen atoms in total. The van der Waals surface area contributed by atoms with E-state index in [2.05, 4.69) is 20.6 Å². The first kappa shape index (κ1) is 18.1. The number of rotatable bonds is 7. The first-order valence-corrected chi connectivity index (χ1v) is 7.39. The Balaban J connectivity index is 2.23. The molecule has 2 heterocycles. The Morgan fingerprint density at radius 2 is 2.04 bits per heavy atom. The molecule has 9 heteroatoms. The molecule has 0 aliphatic heterocycles. The standard InChI is InChI=1S/C15H19F3N4O2/c1-9(2)11(8-23)20-14-21-12(15(16,17)18)6-13(22-14)19-7-10-4-3-5-24-10/h3-6,9,11,23H,7-8H2,1-2H3,(H2,19,20,21,22)/t11-/m1/s1. The predicted molar refractivity (Wildman–Crippen MR) is 82.4 cm³/mol. The highest BCUT2D eigenvalue weighted by Crippen LogP contribution is 2.30. The van der Waals surface area contributed by atoms with E-state index in [0.29, 0.717) is 5.76 Å². The molecular weight excluding hydrogens is 325 g/mol. The van der Waals surface area contributed by atoms with Gasteiger partial charge < -0.3 is 20.2 Å². The van der Waals surface area contributed by atoms with Crippen LogP contribution in [-0.4, -0.2) is 27.7 Å². The van der Waals surface area contributed by atoms with Crippen LogP contribution in [0.2, 0.25) is 0 Å². The smallest absolute Gasteiger partial charge is 0.433 e. The molecule has 0 spiro atoms. The van der Waals surface area contributed by atoms with E-state index in [0.717, 1.165) is 6.07 Å². The van der Waals surface area contributed by atoms with Gasteiger partial charge in [-0.15, -0.1) is 0 Å². The van der Waals surface area contributed by atoms with Crippen LogP contribution in [0.5, 0.6) is 0 Å². The highest BCUT2D eigenvalue weighted by Gasteiger charge is 2.34. The molecule has 0 bridgehead atoms. The molecule has 0 radical (unpaired) electrons. The maximum absolute atomic E-state index is 13.0. The van der Waals surface area contributed by atoms with Crippen molar-refractivity contribution in [3.63, 3.8) is 0 Å². The lowest BCUT2D eigenvalue weighted by molar-refractivity contribution is -0.141. The van der Waals surface area contributed by atoms with Crippen molar-refractivity contribution in [1.82, 2.24) is 9.97 Å². The van der Waals surface area contributed by atoms with Crippen molar-refractivity contribution in [3.8, 4) is 0 Å². The maximum Gasteiger partial charge on any atom is 0.433 e. The average molecular weight is 344 g/mol. The minimum atomic E-state index is -4.60. The van der Waals surface area contributed by atoms with Gasteiger partial charge in [0.25, 0.3) is 0 Å². The summed E-state index contributed by atoms with van der Waals surface area (Å²) in [4.78, 5) is 7.53. The van der Waals surface area contributed by atoms with Gasteiger partial charge >= 0.3 is 6.18 Å². The lowest BCUT2D eigenvalue weighted by Gasteiger charge is -2.21. The number of nitrogens with one attached hydrogen (secondary N) is 2. The molecule has 0 aliphatic carbocycles. The topological polar surface area (TPSA) is 83.2 Å². The Labute approximate surface area is 137 Å². The number of nitrogens with zero attached hydrogens (tertiary/aromatic N) is 2. The molecule has 1 atom stereocenters. The monoisotopic (exact) mass is 344 g/mol. The Bertz CT molecular complexity index is 645. The Hall–Kier alpha value is -2.29. The van der Waals surface area contributed by atoms with Gasteiger partial charge in [0.15, 0.2) is 5.69 Å². The van der Waals surface area contributed by atoms with Crippen LogP contribution in [0.4, 0.5) is 24.9 Å². The van der Waals surface area contributed by atoms with Gasteiger partial charge in [0.2, 0.25) is 5.95 Å². The summed E-state index contributed by atoms with van der Waals surface area (Å²) in [5.41, 5.74) is -1.07. The lowest BCUT2D eigenvalue weighted by atomic mass is 10.1. The summed E-state index contributed by atoms with van der Waals surface area (Å²) in [5.74, 6) is 0.371. The van der Waals surface area contributed by atoms with Crippen LogP contribution in [0.25, 0.3) is 0 Å². The van der Waals surface area contributed by atoms with E-state index < -0.39 is 17.9 Å². The second-order valence-corrected chi connectivity index (χ2v) is 5.57. The molecule has 0 amide bonds. The molecule has 24 heavy (non-hydrogen) atoms. The molecule has 132 valence electrons. The molecule has 0 aromatic carbocycles. The fraction of sp³-hybridized carbons (Fsp3) is 0.467. The quantitative estimate of drug-likeness (QED) is 0.716. The van der Waals surface area contributed by atoms with Gasteiger partial charge in [-0.25, -0.2) is 4.98 Å². The number of anilines is 2. The van der Waals surface area contributed by atoms with Gasteiger partial charge in [-0.05, 0) is 18.1 Å². The van der Waals surface area contributed by atoms with Crippen LogP contribution in [0.1, 0.15) is 25.3 Å². The second-order valence-electron chi connectivity index (χ2n) is 5.57. The molecule has 0 saturated heterocycles. The first-order chi connectivity index (χ1) is 11.3. The third kappa shape index (κ3) is 4.85. The number of aliphatic hydroxyl groups excluding tert-OH is 1. The third-order valence-electron chi connectivity index (χ3n) is 3.36. The third-order valence-corrected chi connectivity index (χ3v) is 3.36. The first-order valence-electron chi connectivity index (χ1n) is 7.39. The van der Waals surface area contributed by atoms with Gasteiger partial charge in [0, 0.05) is 6.07 Å². The molecule has 2 rings (SSSR count). The second kappa shape index (κ2) is 7.52. The van der Waals surface area contributed by atoms with Gasteiger partial charge in [-0.1, -0.05) is 13.8 Å². The number of hydrogen-bond acceptors (Lipinski definition) is 6. The van der Waals surface area contributed by atoms with E-state index in [1.165, 1.54) is 6.26 Å². The molecular formula is C15H19F3N4O2. The summed E-state index contributed by atoms with van der Waals surface area (Å²) in [6.07, 6.45) is -3.13. The van der Waals surface area contributed by atoms with E-state index in [1.807, 2.05) is 13.8 Å². The minimum Gasteiger partial charge on any atom is -0.467 e. The fourth-order valence-corrected chi connectivity index (χ4v) is 1.93. The van der Waals surface area contributed by atoms with Crippen molar-refractivity contribution < 1.29 is 22.7 Å². The number of aliphatic hydroxyl groups is 1. The van der Waals surface area contributed by atoms with Crippen LogP contribution in [-0.2, 0) is 12.7 Å². The summed E-state index contributed by atoms with van der Waals surface area (Å²) in [6.45, 7) is 3.61. The predicted octanol–water partition coefficient (Wildman–Crippen LogP) is 3.13. The molecule has 0 aliphatic rings. The number of halogens is 3. The fourth-order valence-electron chi connectivity index (χ4n) is 1.93. The van der Waals surface area contributed by atoms with E-state index in [4.69, 9.17) is 4.42 Å². The van der Waals surface area contributed by atoms with Crippen LogP contribution in [0.15, 0.2) is 28.9 Å². The summed E-state index contributed by atoms with van der Waals surface area (Å²) >= 11 is 0. The lowest BCUT2D eigenvalue weighted by Crippen LogP contribution is -2.30. The zero-order chi connectivity index (χ0) is 17.7. The SMILES string of the molecule is CC(C)[C@@H](CO)Nc1nc(NCc2ccco2)cc(C(F)(F)F)n1. The van der Waals surface area contributed by atoms with E-state index in [1.54, 1.807) is 12.1 Å². The van der Waals surface area contributed by atoms with Gasteiger partial charge in [-0.3, -0.25) is 0 Å². The Morgan fingerprint density at radius 1 is 1.29 bits per heavy atom. The van der Waals surface area contributed by atoms with Crippen molar-refractivity contribution in [2.45, 2.75) is 32.6 Å². The Morgan fingerprint density at radius 3 is 2.58 bits per heavy atom. The highest BCUT2D eigenvalue weighted by atomic mass is 19.4. The maximum atomic E-state index is 13.0. The largest absolute Gasteiger partial charge is 0.467 e.